The van der Waals surface area contributed by atoms with Crippen molar-refractivity contribution in [2.24, 2.45) is 7.05 Å². The van der Waals surface area contributed by atoms with Crippen molar-refractivity contribution in [2.75, 3.05) is 0 Å². The smallest absolute Gasteiger partial charge is 0.137 e. The average Bonchev–Trinajstić information content (AvgIpc) is 3.47. The molecule has 0 aliphatic rings. The van der Waals surface area contributed by atoms with Gasteiger partial charge in [0.15, 0.2) is 0 Å². The van der Waals surface area contributed by atoms with E-state index in [1.807, 2.05) is 6.07 Å². The quantitative estimate of drug-likeness (QED) is 0.235. The van der Waals surface area contributed by atoms with Gasteiger partial charge in [0.25, 0.3) is 0 Å². The molecule has 158 valence electrons. The zero-order chi connectivity index (χ0) is 22.1. The van der Waals surface area contributed by atoms with Crippen LogP contribution < -0.4 is 0 Å². The van der Waals surface area contributed by atoms with Crippen LogP contribution in [0.2, 0.25) is 0 Å². The summed E-state index contributed by atoms with van der Waals surface area (Å²) in [6, 6.07) is 33.0. The van der Waals surface area contributed by atoms with Gasteiger partial charge in [-0.1, -0.05) is 54.6 Å². The minimum absolute atomic E-state index is 0.932. The van der Waals surface area contributed by atoms with Crippen molar-refractivity contribution in [3.63, 3.8) is 0 Å². The molecule has 0 saturated heterocycles. The lowest BCUT2D eigenvalue weighted by Gasteiger charge is -2.03. The van der Waals surface area contributed by atoms with Crippen molar-refractivity contribution in [3.05, 3.63) is 91.0 Å². The van der Waals surface area contributed by atoms with E-state index in [-0.39, 0.29) is 0 Å². The van der Waals surface area contributed by atoms with Gasteiger partial charge in [-0.2, -0.15) is 0 Å². The van der Waals surface area contributed by atoms with E-state index in [2.05, 4.69) is 101 Å². The van der Waals surface area contributed by atoms with E-state index in [9.17, 15) is 0 Å². The molecule has 0 bridgehead atoms. The van der Waals surface area contributed by atoms with Gasteiger partial charge in [0.2, 0.25) is 0 Å². The SMILES string of the molecule is Cn1c2cccc3c4cccc5c6cc7c(cc6n(c6cccc1c6c32)c45)oc1ccccc17. The molecule has 0 aliphatic heterocycles. The highest BCUT2D eigenvalue weighted by Gasteiger charge is 2.21. The van der Waals surface area contributed by atoms with E-state index in [1.54, 1.807) is 0 Å². The molecule has 4 heterocycles. The van der Waals surface area contributed by atoms with Gasteiger partial charge < -0.3 is 13.4 Å². The number of fused-ring (bicyclic) bond motifs is 8. The standard InChI is InChI=1S/C31H18N2O/c1-32-23-11-5-8-18-19-9-4-10-20-21-15-22-17-7-2-3-14-27(17)34-28(22)16-26(21)33(31(19)20)25-13-6-12-24(32)30(25)29(18)23/h2-16H,1H3. The van der Waals surface area contributed by atoms with Gasteiger partial charge in [0.1, 0.15) is 11.2 Å². The molecule has 3 nitrogen and oxygen atoms in total. The van der Waals surface area contributed by atoms with Crippen molar-refractivity contribution in [2.45, 2.75) is 0 Å². The van der Waals surface area contributed by atoms with Gasteiger partial charge in [0, 0.05) is 56.3 Å². The summed E-state index contributed by atoms with van der Waals surface area (Å²) in [6.07, 6.45) is 0. The number of aryl methyl sites for hydroxylation is 1. The van der Waals surface area contributed by atoms with E-state index < -0.39 is 0 Å². The molecule has 3 heteroatoms. The van der Waals surface area contributed by atoms with Crippen molar-refractivity contribution in [1.82, 2.24) is 8.97 Å². The Hall–Kier alpha value is -4.50. The summed E-state index contributed by atoms with van der Waals surface area (Å²) in [4.78, 5) is 0. The van der Waals surface area contributed by atoms with E-state index in [4.69, 9.17) is 4.42 Å². The Morgan fingerprint density at radius 2 is 1.18 bits per heavy atom. The predicted octanol–water partition coefficient (Wildman–Crippen LogP) is 8.38. The average molecular weight is 434 g/mol. The summed E-state index contributed by atoms with van der Waals surface area (Å²) in [7, 11) is 2.17. The van der Waals surface area contributed by atoms with Crippen LogP contribution in [0.1, 0.15) is 0 Å². The normalized spacial score (nSPS) is 12.9. The van der Waals surface area contributed by atoms with E-state index in [1.165, 1.54) is 70.7 Å². The summed E-state index contributed by atoms with van der Waals surface area (Å²) in [5, 5.41) is 10.1. The number of rotatable bonds is 0. The molecule has 0 unspecified atom stereocenters. The highest BCUT2D eigenvalue weighted by atomic mass is 16.3. The third-order valence-electron chi connectivity index (χ3n) is 7.85. The van der Waals surface area contributed by atoms with Crippen molar-refractivity contribution in [1.29, 1.82) is 0 Å². The molecule has 0 N–H and O–H groups in total. The minimum atomic E-state index is 0.932. The van der Waals surface area contributed by atoms with Crippen LogP contribution >= 0.6 is 0 Å². The number of benzene rings is 5. The summed E-state index contributed by atoms with van der Waals surface area (Å²) in [6.45, 7) is 0. The first-order valence-corrected chi connectivity index (χ1v) is 11.7. The lowest BCUT2D eigenvalue weighted by atomic mass is 10.0. The Morgan fingerprint density at radius 1 is 0.500 bits per heavy atom. The van der Waals surface area contributed by atoms with Crippen LogP contribution in [-0.2, 0) is 7.05 Å². The number of hydrogen-bond donors (Lipinski definition) is 0. The first kappa shape index (κ1) is 17.0. The molecule has 0 amide bonds. The fraction of sp³-hybridized carbons (Fsp3) is 0.0323. The van der Waals surface area contributed by atoms with Gasteiger partial charge in [0.05, 0.1) is 22.1 Å². The van der Waals surface area contributed by atoms with Crippen LogP contribution in [0.25, 0.3) is 81.8 Å². The molecule has 0 aliphatic carbocycles. The number of furan rings is 1. The predicted molar refractivity (Wildman–Crippen MR) is 142 cm³/mol. The van der Waals surface area contributed by atoms with E-state index in [0.29, 0.717) is 0 Å². The molecule has 9 aromatic rings. The second kappa shape index (κ2) is 5.52. The maximum absolute atomic E-state index is 6.31. The van der Waals surface area contributed by atoms with Crippen LogP contribution in [0.3, 0.4) is 0 Å². The van der Waals surface area contributed by atoms with E-state index in [0.717, 1.165) is 11.2 Å². The number of nitrogens with zero attached hydrogens (tertiary/aromatic N) is 2. The number of hydrogen-bond acceptors (Lipinski definition) is 1. The zero-order valence-electron chi connectivity index (χ0n) is 18.5. The molecule has 5 aromatic carbocycles. The highest BCUT2D eigenvalue weighted by Crippen LogP contribution is 2.44. The zero-order valence-corrected chi connectivity index (χ0v) is 18.5. The van der Waals surface area contributed by atoms with Gasteiger partial charge >= 0.3 is 0 Å². The Kier molecular flexibility index (Phi) is 2.77. The monoisotopic (exact) mass is 434 g/mol. The Labute approximate surface area is 193 Å². The van der Waals surface area contributed by atoms with Crippen molar-refractivity contribution in [3.8, 4) is 0 Å². The van der Waals surface area contributed by atoms with Gasteiger partial charge in [-0.15, -0.1) is 0 Å². The van der Waals surface area contributed by atoms with E-state index >= 15 is 0 Å². The van der Waals surface area contributed by atoms with Crippen molar-refractivity contribution < 1.29 is 4.42 Å². The largest absolute Gasteiger partial charge is 0.456 e. The maximum atomic E-state index is 6.31. The molecular formula is C31H18N2O. The molecule has 0 atom stereocenters. The molecule has 0 saturated carbocycles. The first-order chi connectivity index (χ1) is 16.8. The highest BCUT2D eigenvalue weighted by molar-refractivity contribution is 6.31. The molecule has 9 rings (SSSR count). The Morgan fingerprint density at radius 3 is 2.09 bits per heavy atom. The van der Waals surface area contributed by atoms with Gasteiger partial charge in [-0.25, -0.2) is 0 Å². The first-order valence-electron chi connectivity index (χ1n) is 11.7. The third-order valence-corrected chi connectivity index (χ3v) is 7.85. The fourth-order valence-electron chi connectivity index (χ4n) is 6.44. The van der Waals surface area contributed by atoms with Crippen molar-refractivity contribution >= 4 is 81.8 Å². The van der Waals surface area contributed by atoms with Gasteiger partial charge in [-0.05, 0) is 35.7 Å². The summed E-state index contributed by atoms with van der Waals surface area (Å²) in [5.74, 6) is 0. The lowest BCUT2D eigenvalue weighted by molar-refractivity contribution is 0.669. The molecule has 34 heavy (non-hydrogen) atoms. The summed E-state index contributed by atoms with van der Waals surface area (Å²) in [5.41, 5.74) is 8.08. The third kappa shape index (κ3) is 1.77. The molecule has 0 spiro atoms. The summed E-state index contributed by atoms with van der Waals surface area (Å²) >= 11 is 0. The van der Waals surface area contributed by atoms with Crippen LogP contribution in [0, 0.1) is 0 Å². The summed E-state index contributed by atoms with van der Waals surface area (Å²) < 4.78 is 11.1. The molecule has 0 radical (unpaired) electrons. The molecule has 4 aromatic heterocycles. The second-order valence-electron chi connectivity index (χ2n) is 9.43. The van der Waals surface area contributed by atoms with Crippen LogP contribution in [0.5, 0.6) is 0 Å². The number of aromatic nitrogens is 2. The molecular weight excluding hydrogens is 416 g/mol. The Bertz CT molecular complexity index is 2290. The minimum Gasteiger partial charge on any atom is -0.456 e. The second-order valence-corrected chi connectivity index (χ2v) is 9.43. The van der Waals surface area contributed by atoms with Crippen LogP contribution in [0.15, 0.2) is 95.4 Å². The van der Waals surface area contributed by atoms with Gasteiger partial charge in [-0.3, -0.25) is 0 Å². The van der Waals surface area contributed by atoms with Crippen LogP contribution in [-0.4, -0.2) is 8.97 Å². The molecule has 0 fully saturated rings. The maximum Gasteiger partial charge on any atom is 0.137 e. The lowest BCUT2D eigenvalue weighted by Crippen LogP contribution is -1.88. The van der Waals surface area contributed by atoms with Crippen LogP contribution in [0.4, 0.5) is 0 Å². The topological polar surface area (TPSA) is 22.5 Å². The fourth-order valence-corrected chi connectivity index (χ4v) is 6.44. The Balaban J connectivity index is 1.69. The number of para-hydroxylation sites is 2.